The molecule has 1 aliphatic rings. The lowest BCUT2D eigenvalue weighted by Crippen LogP contribution is -2.38. The van der Waals surface area contributed by atoms with E-state index in [4.69, 9.17) is 30.9 Å². The van der Waals surface area contributed by atoms with Crippen LogP contribution in [-0.4, -0.2) is 42.2 Å². The summed E-state index contributed by atoms with van der Waals surface area (Å²) in [5.41, 5.74) is 13.2. The molecule has 0 radical (unpaired) electrons. The van der Waals surface area contributed by atoms with E-state index in [-0.39, 0.29) is 42.9 Å². The molecule has 5 N–H and O–H groups in total. The van der Waals surface area contributed by atoms with Crippen LogP contribution in [0.3, 0.4) is 0 Å². The number of anilines is 1. The molecule has 4 rings (SSSR count). The molecular weight excluding hydrogens is 487 g/mol. The van der Waals surface area contributed by atoms with E-state index < -0.39 is 0 Å². The van der Waals surface area contributed by atoms with Crippen LogP contribution in [0.2, 0.25) is 0 Å². The van der Waals surface area contributed by atoms with Gasteiger partial charge in [-0.1, -0.05) is 31.0 Å². The summed E-state index contributed by atoms with van der Waals surface area (Å²) in [6.45, 7) is 0. The standard InChI is InChI=1S/C25H30N6O2.2ClH/c1-32-17-12-13-19-18(15-17)24(29-20-8-4-5-9-21(20)30-25(26)27)31-23(28-19)14-11-16-7-3-6-10-22(16)33-2;;/h3,6-7,10-15,20-21H,4-5,8-9H2,1-2H3,(H4,26,27,30)(H,28,29,31);2*1H/b14-11+;;. The van der Waals surface area contributed by atoms with Crippen LogP contribution in [0, 0.1) is 0 Å². The van der Waals surface area contributed by atoms with Gasteiger partial charge in [-0.25, -0.2) is 15.0 Å². The summed E-state index contributed by atoms with van der Waals surface area (Å²) in [6.07, 6.45) is 7.95. The Bertz CT molecular complexity index is 1180. The molecule has 188 valence electrons. The fraction of sp³-hybridized carbons (Fsp3) is 0.320. The first-order chi connectivity index (χ1) is 16.1. The largest absolute Gasteiger partial charge is 0.497 e. The number of benzene rings is 2. The highest BCUT2D eigenvalue weighted by molar-refractivity contribution is 5.91. The molecule has 1 aromatic heterocycles. The number of nitrogens with one attached hydrogen (secondary N) is 1. The number of methoxy groups -OCH3 is 2. The molecule has 0 bridgehead atoms. The number of aromatic nitrogens is 2. The Labute approximate surface area is 218 Å². The molecule has 1 aliphatic carbocycles. The number of para-hydroxylation sites is 1. The maximum atomic E-state index is 5.69. The number of nitrogens with zero attached hydrogens (tertiary/aromatic N) is 3. The van der Waals surface area contributed by atoms with Crippen LogP contribution in [0.1, 0.15) is 37.1 Å². The quantitative estimate of drug-likeness (QED) is 0.307. The van der Waals surface area contributed by atoms with E-state index in [1.807, 2.05) is 54.6 Å². The average Bonchev–Trinajstić information content (AvgIpc) is 2.83. The average molecular weight is 519 g/mol. The van der Waals surface area contributed by atoms with Crippen molar-refractivity contribution in [1.29, 1.82) is 0 Å². The molecule has 0 saturated heterocycles. The van der Waals surface area contributed by atoms with Crippen molar-refractivity contribution in [2.75, 3.05) is 19.5 Å². The molecule has 2 aromatic carbocycles. The van der Waals surface area contributed by atoms with Gasteiger partial charge in [0.15, 0.2) is 11.8 Å². The van der Waals surface area contributed by atoms with Crippen LogP contribution < -0.4 is 26.3 Å². The molecule has 0 spiro atoms. The minimum Gasteiger partial charge on any atom is -0.497 e. The molecule has 1 heterocycles. The summed E-state index contributed by atoms with van der Waals surface area (Å²) in [5, 5.41) is 4.50. The van der Waals surface area contributed by atoms with Gasteiger partial charge in [-0.05, 0) is 49.3 Å². The van der Waals surface area contributed by atoms with Gasteiger partial charge >= 0.3 is 0 Å². The fourth-order valence-corrected chi connectivity index (χ4v) is 4.21. The van der Waals surface area contributed by atoms with Crippen molar-refractivity contribution in [3.05, 3.63) is 53.9 Å². The predicted octanol–water partition coefficient (Wildman–Crippen LogP) is 4.66. The maximum Gasteiger partial charge on any atom is 0.186 e. The van der Waals surface area contributed by atoms with E-state index in [0.717, 1.165) is 59.5 Å². The minimum absolute atomic E-state index is 0. The van der Waals surface area contributed by atoms with Gasteiger partial charge in [0.25, 0.3) is 0 Å². The summed E-state index contributed by atoms with van der Waals surface area (Å²) in [4.78, 5) is 14.0. The van der Waals surface area contributed by atoms with Gasteiger partial charge in [0.2, 0.25) is 0 Å². The molecule has 2 unspecified atom stereocenters. The summed E-state index contributed by atoms with van der Waals surface area (Å²) >= 11 is 0. The van der Waals surface area contributed by atoms with E-state index in [1.165, 1.54) is 0 Å². The number of fused-ring (bicyclic) bond motifs is 1. The summed E-state index contributed by atoms with van der Waals surface area (Å²) < 4.78 is 10.9. The van der Waals surface area contributed by atoms with E-state index >= 15 is 0 Å². The Hall–Kier alpha value is -3.23. The molecule has 1 fully saturated rings. The second kappa shape index (κ2) is 13.0. The monoisotopic (exact) mass is 518 g/mol. The number of guanidine groups is 1. The zero-order valence-electron chi connectivity index (χ0n) is 19.8. The van der Waals surface area contributed by atoms with Crippen molar-refractivity contribution in [3.63, 3.8) is 0 Å². The number of rotatable bonds is 7. The lowest BCUT2D eigenvalue weighted by molar-refractivity contribution is 0.405. The van der Waals surface area contributed by atoms with Crippen LogP contribution in [0.5, 0.6) is 11.5 Å². The molecule has 2 atom stereocenters. The number of hydrogen-bond donors (Lipinski definition) is 3. The lowest BCUT2D eigenvalue weighted by Gasteiger charge is -2.30. The zero-order valence-corrected chi connectivity index (χ0v) is 21.4. The number of hydrogen-bond acceptors (Lipinski definition) is 6. The van der Waals surface area contributed by atoms with Gasteiger partial charge in [-0.2, -0.15) is 0 Å². The second-order valence-electron chi connectivity index (χ2n) is 8.05. The smallest absolute Gasteiger partial charge is 0.186 e. The summed E-state index contributed by atoms with van der Waals surface area (Å²) in [7, 11) is 3.31. The topological polar surface area (TPSA) is 121 Å². The Morgan fingerprint density at radius 3 is 2.51 bits per heavy atom. The van der Waals surface area contributed by atoms with Crippen LogP contribution in [0.4, 0.5) is 5.82 Å². The van der Waals surface area contributed by atoms with Gasteiger partial charge in [-0.3, -0.25) is 0 Å². The minimum atomic E-state index is 0. The molecule has 0 aliphatic heterocycles. The Morgan fingerprint density at radius 1 is 1.00 bits per heavy atom. The van der Waals surface area contributed by atoms with Gasteiger partial charge in [0, 0.05) is 10.9 Å². The van der Waals surface area contributed by atoms with Crippen LogP contribution >= 0.6 is 24.8 Å². The van der Waals surface area contributed by atoms with Crippen molar-refractivity contribution < 1.29 is 9.47 Å². The van der Waals surface area contributed by atoms with Crippen LogP contribution in [0.25, 0.3) is 23.1 Å². The third-order valence-electron chi connectivity index (χ3n) is 5.84. The van der Waals surface area contributed by atoms with Crippen molar-refractivity contribution in [2.24, 2.45) is 16.5 Å². The van der Waals surface area contributed by atoms with Gasteiger partial charge < -0.3 is 26.3 Å². The molecule has 35 heavy (non-hydrogen) atoms. The molecule has 3 aromatic rings. The Kier molecular flexibility index (Phi) is 10.4. The second-order valence-corrected chi connectivity index (χ2v) is 8.05. The first-order valence-corrected chi connectivity index (χ1v) is 11.1. The Morgan fingerprint density at radius 2 is 1.77 bits per heavy atom. The number of halogens is 2. The first kappa shape index (κ1) is 28.0. The Balaban J connectivity index is 0.00000216. The number of ether oxygens (including phenoxy) is 2. The van der Waals surface area contributed by atoms with Crippen LogP contribution in [0.15, 0.2) is 47.5 Å². The van der Waals surface area contributed by atoms with E-state index in [1.54, 1.807) is 14.2 Å². The molecule has 1 saturated carbocycles. The van der Waals surface area contributed by atoms with Crippen molar-refractivity contribution >= 4 is 59.6 Å². The van der Waals surface area contributed by atoms with E-state index in [0.29, 0.717) is 5.82 Å². The number of nitrogens with two attached hydrogens (primary N) is 2. The van der Waals surface area contributed by atoms with Gasteiger partial charge in [-0.15, -0.1) is 24.8 Å². The third-order valence-corrected chi connectivity index (χ3v) is 5.84. The summed E-state index contributed by atoms with van der Waals surface area (Å²) in [5.74, 6) is 2.98. The zero-order chi connectivity index (χ0) is 23.2. The predicted molar refractivity (Wildman–Crippen MR) is 148 cm³/mol. The highest BCUT2D eigenvalue weighted by Gasteiger charge is 2.26. The lowest BCUT2D eigenvalue weighted by atomic mass is 9.90. The molecule has 0 amide bonds. The normalized spacial score (nSPS) is 17.2. The van der Waals surface area contributed by atoms with Crippen LogP contribution in [-0.2, 0) is 0 Å². The van der Waals surface area contributed by atoms with Gasteiger partial charge in [0.1, 0.15) is 17.3 Å². The first-order valence-electron chi connectivity index (χ1n) is 11.1. The van der Waals surface area contributed by atoms with Crippen molar-refractivity contribution in [3.8, 4) is 11.5 Å². The number of aliphatic imine (C=N–C) groups is 1. The molecule has 10 heteroatoms. The molecule has 8 nitrogen and oxygen atoms in total. The van der Waals surface area contributed by atoms with E-state index in [9.17, 15) is 0 Å². The highest BCUT2D eigenvalue weighted by atomic mass is 35.5. The fourth-order valence-electron chi connectivity index (χ4n) is 4.21. The third kappa shape index (κ3) is 6.90. The highest BCUT2D eigenvalue weighted by Crippen LogP contribution is 2.30. The SMILES string of the molecule is COc1ccc2nc(/C=C/c3ccccc3OC)nc(NC3CCCCC3N=C(N)N)c2c1.Cl.Cl. The molecular formula is C25H32Cl2N6O2. The van der Waals surface area contributed by atoms with E-state index in [2.05, 4.69) is 10.3 Å². The van der Waals surface area contributed by atoms with Crippen molar-refractivity contribution in [1.82, 2.24) is 9.97 Å². The maximum absolute atomic E-state index is 5.69. The summed E-state index contributed by atoms with van der Waals surface area (Å²) in [6, 6.07) is 13.7. The van der Waals surface area contributed by atoms with Crippen molar-refractivity contribution in [2.45, 2.75) is 37.8 Å². The van der Waals surface area contributed by atoms with Gasteiger partial charge in [0.05, 0.1) is 31.8 Å².